The Balaban J connectivity index is 1.78. The van der Waals surface area contributed by atoms with Crippen LogP contribution in [0.5, 0.6) is 5.75 Å². The topological polar surface area (TPSA) is 134 Å². The van der Waals surface area contributed by atoms with Gasteiger partial charge in [-0.2, -0.15) is 0 Å². The maximum Gasteiger partial charge on any atom is 0.166 e. The molecule has 0 spiro atoms. The summed E-state index contributed by atoms with van der Waals surface area (Å²) in [6.07, 6.45) is -1.41. The lowest BCUT2D eigenvalue weighted by molar-refractivity contribution is -0.0511. The first-order valence-corrected chi connectivity index (χ1v) is 7.69. The smallest absolute Gasteiger partial charge is 0.166 e. The molecule has 1 unspecified atom stereocenters. The standard InChI is InChI=1S/C16H16N4O5/c21-5-10-13(23)14(24)16(25-10)20-7-19-12-11(17-6-18-15(12)20)8-1-3-9(22)4-2-8/h1-4,6-7,10,13-14,16,21-24H,5H2/t10-,13-,14-,16?/m1/s1. The van der Waals surface area contributed by atoms with Gasteiger partial charge in [0.15, 0.2) is 11.9 Å². The Morgan fingerprint density at radius 2 is 1.80 bits per heavy atom. The Morgan fingerprint density at radius 3 is 2.48 bits per heavy atom. The summed E-state index contributed by atoms with van der Waals surface area (Å²) in [7, 11) is 0. The minimum Gasteiger partial charge on any atom is -0.508 e. The fourth-order valence-electron chi connectivity index (χ4n) is 2.98. The van der Waals surface area contributed by atoms with Crippen LogP contribution in [0, 0.1) is 0 Å². The molecule has 2 aromatic heterocycles. The van der Waals surface area contributed by atoms with Crippen molar-refractivity contribution < 1.29 is 25.2 Å². The third kappa shape index (κ3) is 2.53. The van der Waals surface area contributed by atoms with Gasteiger partial charge in [0.2, 0.25) is 0 Å². The highest BCUT2D eigenvalue weighted by Gasteiger charge is 2.44. The van der Waals surface area contributed by atoms with Crippen LogP contribution >= 0.6 is 0 Å². The molecule has 3 aromatic rings. The fraction of sp³-hybridized carbons (Fsp3) is 0.312. The van der Waals surface area contributed by atoms with Crippen molar-refractivity contribution in [3.8, 4) is 17.0 Å². The lowest BCUT2D eigenvalue weighted by Gasteiger charge is -2.16. The van der Waals surface area contributed by atoms with Crippen LogP contribution in [0.15, 0.2) is 36.9 Å². The van der Waals surface area contributed by atoms with E-state index in [4.69, 9.17) is 4.74 Å². The molecule has 0 bridgehead atoms. The van der Waals surface area contributed by atoms with Crippen LogP contribution in [0.3, 0.4) is 0 Å². The second-order valence-electron chi connectivity index (χ2n) is 5.82. The summed E-state index contributed by atoms with van der Waals surface area (Å²) in [5, 5.41) is 38.8. The number of aromatic hydroxyl groups is 1. The maximum atomic E-state index is 10.2. The lowest BCUT2D eigenvalue weighted by atomic mass is 10.1. The largest absolute Gasteiger partial charge is 0.508 e. The zero-order valence-corrected chi connectivity index (χ0v) is 13.0. The first kappa shape index (κ1) is 15.9. The highest BCUT2D eigenvalue weighted by molar-refractivity contribution is 5.87. The van der Waals surface area contributed by atoms with Gasteiger partial charge in [0, 0.05) is 5.56 Å². The summed E-state index contributed by atoms with van der Waals surface area (Å²) in [6, 6.07) is 6.52. The number of nitrogens with zero attached hydrogens (tertiary/aromatic N) is 4. The fourth-order valence-corrected chi connectivity index (χ4v) is 2.98. The molecule has 1 saturated heterocycles. The molecule has 130 valence electrons. The number of ether oxygens (including phenoxy) is 1. The van der Waals surface area contributed by atoms with Gasteiger partial charge in [-0.05, 0) is 24.3 Å². The average molecular weight is 344 g/mol. The van der Waals surface area contributed by atoms with Gasteiger partial charge in [0.1, 0.15) is 41.6 Å². The molecule has 0 aliphatic carbocycles. The number of aliphatic hydroxyl groups is 3. The molecule has 1 aliphatic heterocycles. The zero-order valence-electron chi connectivity index (χ0n) is 13.0. The summed E-state index contributed by atoms with van der Waals surface area (Å²) >= 11 is 0. The molecule has 0 radical (unpaired) electrons. The molecule has 0 saturated carbocycles. The van der Waals surface area contributed by atoms with Gasteiger partial charge < -0.3 is 25.2 Å². The molecule has 25 heavy (non-hydrogen) atoms. The van der Waals surface area contributed by atoms with Crippen molar-refractivity contribution in [2.75, 3.05) is 6.61 Å². The Morgan fingerprint density at radius 1 is 1.04 bits per heavy atom. The van der Waals surface area contributed by atoms with Crippen molar-refractivity contribution in [1.29, 1.82) is 0 Å². The van der Waals surface area contributed by atoms with Crippen molar-refractivity contribution in [1.82, 2.24) is 19.5 Å². The molecule has 1 aromatic carbocycles. The van der Waals surface area contributed by atoms with E-state index in [9.17, 15) is 20.4 Å². The Hall–Kier alpha value is -2.59. The van der Waals surface area contributed by atoms with Crippen LogP contribution in [0.2, 0.25) is 0 Å². The van der Waals surface area contributed by atoms with E-state index in [1.807, 2.05) is 0 Å². The number of phenolic OH excluding ortho intramolecular Hbond substituents is 1. The number of hydrogen-bond donors (Lipinski definition) is 4. The lowest BCUT2D eigenvalue weighted by Crippen LogP contribution is -2.33. The van der Waals surface area contributed by atoms with Crippen LogP contribution in [0.25, 0.3) is 22.4 Å². The number of phenols is 1. The third-order valence-electron chi connectivity index (χ3n) is 4.29. The average Bonchev–Trinajstić information content (AvgIpc) is 3.17. The molecule has 1 fully saturated rings. The number of rotatable bonds is 3. The van der Waals surface area contributed by atoms with Crippen LogP contribution in [0.1, 0.15) is 6.23 Å². The van der Waals surface area contributed by atoms with E-state index in [0.29, 0.717) is 16.9 Å². The number of benzene rings is 1. The summed E-state index contributed by atoms with van der Waals surface area (Å²) in [5.74, 6) is 0.145. The third-order valence-corrected chi connectivity index (χ3v) is 4.29. The van der Waals surface area contributed by atoms with Crippen molar-refractivity contribution in [3.05, 3.63) is 36.9 Å². The van der Waals surface area contributed by atoms with Gasteiger partial charge >= 0.3 is 0 Å². The summed E-state index contributed by atoms with van der Waals surface area (Å²) in [6.45, 7) is -0.408. The van der Waals surface area contributed by atoms with Crippen molar-refractivity contribution in [2.45, 2.75) is 24.5 Å². The first-order valence-electron chi connectivity index (χ1n) is 7.69. The van der Waals surface area contributed by atoms with E-state index in [2.05, 4.69) is 15.0 Å². The normalized spacial score (nSPS) is 26.4. The summed E-state index contributed by atoms with van der Waals surface area (Å²) < 4.78 is 7.03. The monoisotopic (exact) mass is 344 g/mol. The molecule has 9 heteroatoms. The molecular formula is C16H16N4O5. The van der Waals surface area contributed by atoms with E-state index in [1.54, 1.807) is 24.3 Å². The van der Waals surface area contributed by atoms with Gasteiger partial charge in [-0.3, -0.25) is 4.57 Å². The van der Waals surface area contributed by atoms with Crippen molar-refractivity contribution >= 4 is 11.2 Å². The van der Waals surface area contributed by atoms with Crippen molar-refractivity contribution in [3.63, 3.8) is 0 Å². The molecule has 4 atom stereocenters. The maximum absolute atomic E-state index is 10.2. The Kier molecular flexibility index (Phi) is 3.85. The second kappa shape index (κ2) is 6.05. The zero-order chi connectivity index (χ0) is 17.6. The molecule has 1 aliphatic rings. The van der Waals surface area contributed by atoms with E-state index < -0.39 is 31.1 Å². The van der Waals surface area contributed by atoms with Gasteiger partial charge in [-0.25, -0.2) is 15.0 Å². The van der Waals surface area contributed by atoms with Crippen LogP contribution in [-0.4, -0.2) is 64.9 Å². The predicted octanol–water partition coefficient (Wildman–Crippen LogP) is -0.190. The number of aliphatic hydroxyl groups excluding tert-OH is 3. The number of imidazole rings is 1. The highest BCUT2D eigenvalue weighted by atomic mass is 16.6. The van der Waals surface area contributed by atoms with Crippen molar-refractivity contribution in [2.24, 2.45) is 0 Å². The van der Waals surface area contributed by atoms with E-state index in [1.165, 1.54) is 17.2 Å². The van der Waals surface area contributed by atoms with Gasteiger partial charge in [0.25, 0.3) is 0 Å². The Bertz CT molecular complexity index is 897. The molecular weight excluding hydrogens is 328 g/mol. The minimum atomic E-state index is -1.22. The van der Waals surface area contributed by atoms with E-state index in [0.717, 1.165) is 5.56 Å². The van der Waals surface area contributed by atoms with E-state index >= 15 is 0 Å². The molecule has 4 rings (SSSR count). The van der Waals surface area contributed by atoms with Gasteiger partial charge in [-0.15, -0.1) is 0 Å². The van der Waals surface area contributed by atoms with E-state index in [-0.39, 0.29) is 5.75 Å². The number of hydrogen-bond acceptors (Lipinski definition) is 8. The number of fused-ring (bicyclic) bond motifs is 1. The molecule has 9 nitrogen and oxygen atoms in total. The SMILES string of the molecule is OC[C@H]1OC(n2cnc3c(-c4ccc(O)cc4)ncnc32)[C@H](O)[C@@H]1O. The predicted molar refractivity (Wildman–Crippen MR) is 85.4 cm³/mol. The van der Waals surface area contributed by atoms with Crippen LogP contribution < -0.4 is 0 Å². The first-order chi connectivity index (χ1) is 12.1. The molecule has 4 N–H and O–H groups in total. The van der Waals surface area contributed by atoms with Gasteiger partial charge in [-0.1, -0.05) is 0 Å². The second-order valence-corrected chi connectivity index (χ2v) is 5.82. The van der Waals surface area contributed by atoms with Crippen LogP contribution in [-0.2, 0) is 4.74 Å². The van der Waals surface area contributed by atoms with Crippen LogP contribution in [0.4, 0.5) is 0 Å². The summed E-state index contributed by atoms with van der Waals surface area (Å²) in [4.78, 5) is 12.8. The highest BCUT2D eigenvalue weighted by Crippen LogP contribution is 2.33. The quantitative estimate of drug-likeness (QED) is 0.514. The summed E-state index contributed by atoms with van der Waals surface area (Å²) in [5.41, 5.74) is 2.23. The molecule has 0 amide bonds. The van der Waals surface area contributed by atoms with Gasteiger partial charge in [0.05, 0.1) is 12.9 Å². The molecule has 3 heterocycles. The minimum absolute atomic E-state index is 0.145. The Labute approximate surface area is 141 Å². The number of aromatic nitrogens is 4.